The summed E-state index contributed by atoms with van der Waals surface area (Å²) < 4.78 is 5.30. The van der Waals surface area contributed by atoms with Crippen LogP contribution < -0.4 is 11.1 Å². The molecule has 3 aromatic rings. The third-order valence-electron chi connectivity index (χ3n) is 6.48. The zero-order valence-electron chi connectivity index (χ0n) is 21.9. The quantitative estimate of drug-likeness (QED) is 0.194. The van der Waals surface area contributed by atoms with Crippen molar-refractivity contribution >= 4 is 45.8 Å². The zero-order valence-corrected chi connectivity index (χ0v) is 23.6. The third-order valence-corrected chi connectivity index (χ3v) is 8.66. The van der Waals surface area contributed by atoms with Gasteiger partial charge in [0.2, 0.25) is 5.91 Å². The Morgan fingerprint density at radius 1 is 1.13 bits per heavy atom. The summed E-state index contributed by atoms with van der Waals surface area (Å²) in [5, 5.41) is 23.5. The molecule has 0 atom stereocenters. The molecule has 2 heterocycles. The van der Waals surface area contributed by atoms with Gasteiger partial charge in [0.15, 0.2) is 0 Å². The molecule has 0 radical (unpaired) electrons. The number of nitrogens with zero attached hydrogens (tertiary/aromatic N) is 3. The van der Waals surface area contributed by atoms with Gasteiger partial charge in [-0.1, -0.05) is 36.2 Å². The highest BCUT2D eigenvalue weighted by Gasteiger charge is 2.27. The van der Waals surface area contributed by atoms with E-state index in [4.69, 9.17) is 10.5 Å². The Morgan fingerprint density at radius 2 is 1.85 bits per heavy atom. The van der Waals surface area contributed by atoms with Crippen molar-refractivity contribution in [1.29, 1.82) is 10.5 Å². The predicted octanol–water partition coefficient (Wildman–Crippen LogP) is 6.01. The second kappa shape index (κ2) is 12.8. The van der Waals surface area contributed by atoms with E-state index < -0.39 is 5.97 Å². The summed E-state index contributed by atoms with van der Waals surface area (Å²) in [6.45, 7) is 3.98. The first-order chi connectivity index (χ1) is 18.9. The lowest BCUT2D eigenvalue weighted by atomic mass is 9.96. The maximum atomic E-state index is 12.9. The van der Waals surface area contributed by atoms with E-state index in [1.54, 1.807) is 6.92 Å². The number of thiophene rings is 1. The van der Waals surface area contributed by atoms with Gasteiger partial charge < -0.3 is 15.8 Å². The number of hydrogen-bond acceptors (Lipinski definition) is 9. The van der Waals surface area contributed by atoms with Gasteiger partial charge in [0.25, 0.3) is 0 Å². The highest BCUT2D eigenvalue weighted by Crippen LogP contribution is 2.39. The number of carbonyl (C=O) groups excluding carboxylic acids is 2. The molecule has 200 valence electrons. The lowest BCUT2D eigenvalue weighted by molar-refractivity contribution is -0.115. The number of anilines is 2. The second-order valence-electron chi connectivity index (χ2n) is 9.15. The topological polar surface area (TPSA) is 142 Å². The number of esters is 1. The molecule has 2 aromatic heterocycles. The van der Waals surface area contributed by atoms with Gasteiger partial charge in [0, 0.05) is 22.6 Å². The van der Waals surface area contributed by atoms with Crippen molar-refractivity contribution in [3.63, 3.8) is 0 Å². The minimum absolute atomic E-state index is 0.0400. The van der Waals surface area contributed by atoms with Crippen molar-refractivity contribution < 1.29 is 14.3 Å². The minimum atomic E-state index is -0.402. The second-order valence-corrected chi connectivity index (χ2v) is 11.3. The number of hydrogen-bond donors (Lipinski definition) is 2. The van der Waals surface area contributed by atoms with Crippen LogP contribution in [-0.4, -0.2) is 29.2 Å². The van der Waals surface area contributed by atoms with Gasteiger partial charge in [-0.2, -0.15) is 10.5 Å². The zero-order chi connectivity index (χ0) is 27.9. The number of nitrogens with one attached hydrogen (secondary N) is 1. The van der Waals surface area contributed by atoms with E-state index in [1.165, 1.54) is 23.1 Å². The molecule has 0 spiro atoms. The van der Waals surface area contributed by atoms with E-state index in [-0.39, 0.29) is 35.9 Å². The number of carbonyl (C=O) groups is 2. The van der Waals surface area contributed by atoms with Crippen LogP contribution in [-0.2, 0) is 22.4 Å². The Bertz CT molecular complexity index is 1480. The van der Waals surface area contributed by atoms with Crippen LogP contribution >= 0.6 is 23.1 Å². The number of aromatic nitrogens is 1. The van der Waals surface area contributed by atoms with E-state index in [9.17, 15) is 20.1 Å². The molecular weight excluding hydrogens is 530 g/mol. The Hall–Kier alpha value is -3.86. The summed E-state index contributed by atoms with van der Waals surface area (Å²) in [5.41, 5.74) is 10.2. The van der Waals surface area contributed by atoms with Gasteiger partial charge in [-0.05, 0) is 50.7 Å². The van der Waals surface area contributed by atoms with Crippen LogP contribution in [0.5, 0.6) is 0 Å². The predicted molar refractivity (Wildman–Crippen MR) is 154 cm³/mol. The van der Waals surface area contributed by atoms with Gasteiger partial charge >= 0.3 is 5.97 Å². The van der Waals surface area contributed by atoms with E-state index >= 15 is 0 Å². The third kappa shape index (κ3) is 6.25. The number of nitrogens with two attached hydrogens (primary N) is 1. The highest BCUT2D eigenvalue weighted by molar-refractivity contribution is 7.99. The Labute approximate surface area is 236 Å². The molecule has 0 unspecified atom stereocenters. The highest BCUT2D eigenvalue weighted by atomic mass is 32.2. The monoisotopic (exact) mass is 559 g/mol. The first kappa shape index (κ1) is 28.2. The lowest BCUT2D eigenvalue weighted by Gasteiger charge is -2.13. The van der Waals surface area contributed by atoms with Crippen LogP contribution in [0.15, 0.2) is 29.3 Å². The molecule has 0 saturated heterocycles. The number of nitrogen functional groups attached to an aromatic ring is 1. The summed E-state index contributed by atoms with van der Waals surface area (Å²) in [4.78, 5) is 31.2. The van der Waals surface area contributed by atoms with E-state index in [0.29, 0.717) is 32.5 Å². The average molecular weight is 560 g/mol. The summed E-state index contributed by atoms with van der Waals surface area (Å²) >= 11 is 2.69. The van der Waals surface area contributed by atoms with Crippen molar-refractivity contribution in [2.75, 3.05) is 23.4 Å². The number of nitriles is 2. The van der Waals surface area contributed by atoms with Crippen LogP contribution in [0.2, 0.25) is 0 Å². The fourth-order valence-electron chi connectivity index (χ4n) is 4.59. The smallest absolute Gasteiger partial charge is 0.341 e. The molecule has 39 heavy (non-hydrogen) atoms. The lowest BCUT2D eigenvalue weighted by Crippen LogP contribution is -2.15. The van der Waals surface area contributed by atoms with Gasteiger partial charge in [-0.15, -0.1) is 23.1 Å². The first-order valence-electron chi connectivity index (χ1n) is 12.8. The number of pyridine rings is 1. The summed E-state index contributed by atoms with van der Waals surface area (Å²) in [6, 6.07) is 11.8. The van der Waals surface area contributed by atoms with Crippen LogP contribution in [0.3, 0.4) is 0 Å². The molecule has 4 rings (SSSR count). The van der Waals surface area contributed by atoms with E-state index in [2.05, 4.69) is 22.4 Å². The molecule has 0 bridgehead atoms. The first-order valence-corrected chi connectivity index (χ1v) is 14.6. The molecular formula is C29H29N5O3S2. The normalized spacial score (nSPS) is 12.5. The molecule has 0 saturated carbocycles. The van der Waals surface area contributed by atoms with Crippen LogP contribution in [0.4, 0.5) is 10.8 Å². The Kier molecular flexibility index (Phi) is 9.23. The van der Waals surface area contributed by atoms with Gasteiger partial charge in [-0.25, -0.2) is 9.78 Å². The number of ether oxygens (including phenoxy) is 1. The van der Waals surface area contributed by atoms with Crippen molar-refractivity contribution in [1.82, 2.24) is 4.98 Å². The van der Waals surface area contributed by atoms with Crippen molar-refractivity contribution in [3.05, 3.63) is 57.0 Å². The van der Waals surface area contributed by atoms with Crippen LogP contribution in [0.1, 0.15) is 70.1 Å². The molecule has 3 N–H and O–H groups in total. The number of aryl methyl sites for hydroxylation is 2. The summed E-state index contributed by atoms with van der Waals surface area (Å²) in [7, 11) is 0. The van der Waals surface area contributed by atoms with Crippen molar-refractivity contribution in [2.24, 2.45) is 0 Å². The van der Waals surface area contributed by atoms with Crippen molar-refractivity contribution in [3.8, 4) is 23.3 Å². The molecule has 1 amide bonds. The van der Waals surface area contributed by atoms with Crippen LogP contribution in [0, 0.1) is 29.6 Å². The summed E-state index contributed by atoms with van der Waals surface area (Å²) in [6.07, 6.45) is 5.01. The van der Waals surface area contributed by atoms with Gasteiger partial charge in [0.1, 0.15) is 33.5 Å². The Morgan fingerprint density at radius 3 is 2.54 bits per heavy atom. The molecule has 10 heteroatoms. The molecule has 0 fully saturated rings. The molecule has 0 aliphatic heterocycles. The number of fused-ring (bicyclic) bond motifs is 1. The number of benzene rings is 1. The van der Waals surface area contributed by atoms with E-state index in [0.717, 1.165) is 48.1 Å². The summed E-state index contributed by atoms with van der Waals surface area (Å²) in [5.74, 6) is -0.283. The van der Waals surface area contributed by atoms with Crippen LogP contribution in [0.25, 0.3) is 11.1 Å². The molecule has 1 aliphatic carbocycles. The Balaban J connectivity index is 1.53. The van der Waals surface area contributed by atoms with Gasteiger partial charge in [-0.3, -0.25) is 4.79 Å². The number of amides is 1. The average Bonchev–Trinajstić information content (AvgIpc) is 3.08. The largest absolute Gasteiger partial charge is 0.462 e. The molecule has 1 aromatic carbocycles. The maximum Gasteiger partial charge on any atom is 0.341 e. The standard InChI is InChI=1S/C29H29N5O3S2/c1-3-37-29(36)25-19-7-5-4-6-8-22(19)39-28(25)33-23(35)13-14-38-27-21(16-31)24(20(15-30)26(32)34-27)18-11-9-17(2)10-12-18/h9-12H,3-8,13-14H2,1-2H3,(H2,32,34)(H,33,35). The van der Waals surface area contributed by atoms with Crippen molar-refractivity contribution in [2.45, 2.75) is 57.4 Å². The molecule has 1 aliphatic rings. The minimum Gasteiger partial charge on any atom is -0.462 e. The SMILES string of the molecule is CCOC(=O)c1c(NC(=O)CCSc2nc(N)c(C#N)c(-c3ccc(C)cc3)c2C#N)sc2c1CCCCC2. The van der Waals surface area contributed by atoms with Gasteiger partial charge in [0.05, 0.1) is 17.7 Å². The fraction of sp³-hybridized carbons (Fsp3) is 0.345. The maximum absolute atomic E-state index is 12.9. The van der Waals surface area contributed by atoms with E-state index in [1.807, 2.05) is 31.2 Å². The number of rotatable bonds is 8. The fourth-order valence-corrected chi connectivity index (χ4v) is 6.82. The number of thioether (sulfide) groups is 1. The molecule has 8 nitrogen and oxygen atoms in total.